The highest BCUT2D eigenvalue weighted by atomic mass is 33.1. The van der Waals surface area contributed by atoms with Crippen LogP contribution in [0.25, 0.3) is 0 Å². The van der Waals surface area contributed by atoms with Crippen molar-refractivity contribution in [1.82, 2.24) is 5.32 Å². The summed E-state index contributed by atoms with van der Waals surface area (Å²) in [6, 6.07) is 8.08. The summed E-state index contributed by atoms with van der Waals surface area (Å²) in [6.07, 6.45) is 0.853. The zero-order valence-electron chi connectivity index (χ0n) is 11.9. The lowest BCUT2D eigenvalue weighted by Crippen LogP contribution is -2.50. The van der Waals surface area contributed by atoms with E-state index in [1.807, 2.05) is 12.1 Å². The third-order valence-corrected chi connectivity index (χ3v) is 8.04. The van der Waals surface area contributed by atoms with E-state index in [9.17, 15) is 8.42 Å². The van der Waals surface area contributed by atoms with Crippen LogP contribution in [-0.4, -0.2) is 46.6 Å². The number of hydrogen-bond donors (Lipinski definition) is 2. The number of rotatable bonds is 8. The SMILES string of the molecule is COc1ccc([Si](C)(C)CNCCSS(=O)(=O)O)cc1. The van der Waals surface area contributed by atoms with Crippen LogP contribution in [0.1, 0.15) is 0 Å². The number of benzene rings is 1. The van der Waals surface area contributed by atoms with Gasteiger partial charge in [0.1, 0.15) is 5.75 Å². The quantitative estimate of drug-likeness (QED) is 0.323. The molecular formula is C12H21NO4S2Si. The molecule has 0 fully saturated rings. The fourth-order valence-electron chi connectivity index (χ4n) is 1.76. The molecule has 0 aliphatic carbocycles. The summed E-state index contributed by atoms with van der Waals surface area (Å²) in [6.45, 7) is 5.05. The first-order valence-electron chi connectivity index (χ1n) is 6.22. The summed E-state index contributed by atoms with van der Waals surface area (Å²) >= 11 is 0. The van der Waals surface area contributed by atoms with Crippen molar-refractivity contribution in [3.05, 3.63) is 24.3 Å². The topological polar surface area (TPSA) is 75.6 Å². The van der Waals surface area contributed by atoms with Gasteiger partial charge in [0.25, 0.3) is 0 Å². The summed E-state index contributed by atoms with van der Waals surface area (Å²) in [5, 5.41) is 4.57. The van der Waals surface area contributed by atoms with Gasteiger partial charge in [-0.3, -0.25) is 4.55 Å². The van der Waals surface area contributed by atoms with E-state index < -0.39 is 17.2 Å². The molecule has 0 radical (unpaired) electrons. The van der Waals surface area contributed by atoms with E-state index in [1.165, 1.54) is 5.19 Å². The second-order valence-electron chi connectivity index (χ2n) is 5.04. The second kappa shape index (κ2) is 7.46. The largest absolute Gasteiger partial charge is 0.497 e. The van der Waals surface area contributed by atoms with Crippen LogP contribution in [0.5, 0.6) is 5.75 Å². The third kappa shape index (κ3) is 6.27. The van der Waals surface area contributed by atoms with Crippen molar-refractivity contribution < 1.29 is 17.7 Å². The molecule has 0 saturated carbocycles. The third-order valence-electron chi connectivity index (χ3n) is 2.95. The van der Waals surface area contributed by atoms with Gasteiger partial charge in [-0.05, 0) is 29.1 Å². The van der Waals surface area contributed by atoms with Gasteiger partial charge in [-0.1, -0.05) is 30.4 Å². The van der Waals surface area contributed by atoms with Gasteiger partial charge in [-0.25, -0.2) is 0 Å². The predicted octanol–water partition coefficient (Wildman–Crippen LogP) is 1.28. The first kappa shape index (κ1) is 17.5. The molecule has 0 aromatic heterocycles. The molecule has 5 nitrogen and oxygen atoms in total. The van der Waals surface area contributed by atoms with E-state index in [0.29, 0.717) is 23.1 Å². The monoisotopic (exact) mass is 335 g/mol. The van der Waals surface area contributed by atoms with Gasteiger partial charge in [0.05, 0.1) is 15.2 Å². The zero-order chi connectivity index (χ0) is 15.2. The van der Waals surface area contributed by atoms with Crippen LogP contribution < -0.4 is 15.2 Å². The molecule has 0 amide bonds. The normalized spacial score (nSPS) is 12.4. The summed E-state index contributed by atoms with van der Waals surface area (Å²) in [5.74, 6) is 1.18. The van der Waals surface area contributed by atoms with E-state index in [0.717, 1.165) is 11.9 Å². The van der Waals surface area contributed by atoms with Crippen LogP contribution in [-0.2, 0) is 9.15 Å². The average molecular weight is 336 g/mol. The van der Waals surface area contributed by atoms with Gasteiger partial charge in [-0.2, -0.15) is 8.42 Å². The highest BCUT2D eigenvalue weighted by Gasteiger charge is 2.22. The molecular weight excluding hydrogens is 314 g/mol. The van der Waals surface area contributed by atoms with Gasteiger partial charge >= 0.3 is 9.15 Å². The molecule has 0 unspecified atom stereocenters. The van der Waals surface area contributed by atoms with Crippen LogP contribution in [0.2, 0.25) is 13.1 Å². The first-order valence-corrected chi connectivity index (χ1v) is 12.4. The minimum Gasteiger partial charge on any atom is -0.497 e. The van der Waals surface area contributed by atoms with Crippen molar-refractivity contribution >= 4 is 33.2 Å². The minimum atomic E-state index is -3.93. The van der Waals surface area contributed by atoms with Crippen LogP contribution in [0, 0.1) is 0 Å². The van der Waals surface area contributed by atoms with Crippen LogP contribution in [0.3, 0.4) is 0 Å². The molecule has 0 spiro atoms. The van der Waals surface area contributed by atoms with Gasteiger partial charge in [0, 0.05) is 12.3 Å². The van der Waals surface area contributed by atoms with Gasteiger partial charge < -0.3 is 10.1 Å². The maximum atomic E-state index is 10.6. The molecule has 0 saturated heterocycles. The highest BCUT2D eigenvalue weighted by molar-refractivity contribution is 8.69. The molecule has 0 aliphatic heterocycles. The molecule has 8 heteroatoms. The Bertz CT molecular complexity index is 517. The Kier molecular flexibility index (Phi) is 6.53. The molecule has 114 valence electrons. The van der Waals surface area contributed by atoms with Crippen LogP contribution in [0.4, 0.5) is 0 Å². The Balaban J connectivity index is 2.44. The fourth-order valence-corrected chi connectivity index (χ4v) is 5.16. The van der Waals surface area contributed by atoms with Gasteiger partial charge in [-0.15, -0.1) is 0 Å². The van der Waals surface area contributed by atoms with E-state index in [-0.39, 0.29) is 0 Å². The Morgan fingerprint density at radius 1 is 1.30 bits per heavy atom. The number of ether oxygens (including phenoxy) is 1. The van der Waals surface area contributed by atoms with Crippen LogP contribution in [0.15, 0.2) is 24.3 Å². The van der Waals surface area contributed by atoms with Gasteiger partial charge in [0.15, 0.2) is 0 Å². The molecule has 0 bridgehead atoms. The number of nitrogens with one attached hydrogen (secondary N) is 1. The lowest BCUT2D eigenvalue weighted by molar-refractivity contribution is 0.415. The van der Waals surface area contributed by atoms with E-state index in [4.69, 9.17) is 9.29 Å². The predicted molar refractivity (Wildman–Crippen MR) is 87.0 cm³/mol. The van der Waals surface area contributed by atoms with Crippen LogP contribution >= 0.6 is 10.8 Å². The molecule has 0 aliphatic rings. The van der Waals surface area contributed by atoms with Crippen molar-refractivity contribution in [3.8, 4) is 5.75 Å². The average Bonchev–Trinajstić information content (AvgIpc) is 2.37. The number of hydrogen-bond acceptors (Lipinski definition) is 5. The highest BCUT2D eigenvalue weighted by Crippen LogP contribution is 2.10. The number of methoxy groups -OCH3 is 1. The Hall–Kier alpha value is -0.543. The van der Waals surface area contributed by atoms with E-state index in [1.54, 1.807) is 7.11 Å². The molecule has 1 rings (SSSR count). The van der Waals surface area contributed by atoms with E-state index >= 15 is 0 Å². The Labute approximate surface area is 125 Å². The maximum absolute atomic E-state index is 10.6. The lowest BCUT2D eigenvalue weighted by atomic mass is 10.3. The van der Waals surface area contributed by atoms with Crippen molar-refractivity contribution in [2.45, 2.75) is 13.1 Å². The standard InChI is InChI=1S/C12H21NO4S2Si/c1-17-11-4-6-12(7-5-11)20(2,3)10-13-8-9-18-19(14,15)16/h4-7,13H,8-10H2,1-3H3,(H,14,15,16). The second-order valence-corrected chi connectivity index (χ2v) is 13.2. The molecule has 1 aromatic carbocycles. The summed E-state index contributed by atoms with van der Waals surface area (Å²) < 4.78 is 34.9. The smallest absolute Gasteiger partial charge is 0.319 e. The molecule has 2 N–H and O–H groups in total. The van der Waals surface area contributed by atoms with Crippen molar-refractivity contribution in [2.24, 2.45) is 0 Å². The van der Waals surface area contributed by atoms with Gasteiger partial charge in [0.2, 0.25) is 0 Å². The Morgan fingerprint density at radius 3 is 2.40 bits per heavy atom. The van der Waals surface area contributed by atoms with Crippen molar-refractivity contribution in [3.63, 3.8) is 0 Å². The lowest BCUT2D eigenvalue weighted by Gasteiger charge is -2.23. The first-order chi connectivity index (χ1) is 9.24. The van der Waals surface area contributed by atoms with Crippen molar-refractivity contribution in [1.29, 1.82) is 0 Å². The molecule has 1 aromatic rings. The fraction of sp³-hybridized carbons (Fsp3) is 0.500. The Morgan fingerprint density at radius 2 is 1.90 bits per heavy atom. The maximum Gasteiger partial charge on any atom is 0.319 e. The van der Waals surface area contributed by atoms with Crippen molar-refractivity contribution in [2.75, 3.05) is 25.6 Å². The zero-order valence-corrected chi connectivity index (χ0v) is 14.6. The summed E-state index contributed by atoms with van der Waals surface area (Å²) in [5.41, 5.74) is 0. The summed E-state index contributed by atoms with van der Waals surface area (Å²) in [4.78, 5) is 0. The molecule has 0 heterocycles. The minimum absolute atomic E-state index is 0.339. The molecule has 20 heavy (non-hydrogen) atoms. The molecule has 0 atom stereocenters. The van der Waals surface area contributed by atoms with E-state index in [2.05, 4.69) is 30.5 Å². The summed E-state index contributed by atoms with van der Waals surface area (Å²) in [7, 11) is -3.33.